The minimum Gasteiger partial charge on any atom is -0.288 e. The lowest BCUT2D eigenvalue weighted by Gasteiger charge is -2.02. The van der Waals surface area contributed by atoms with Crippen LogP contribution in [-0.2, 0) is 13.6 Å². The molecule has 0 aliphatic heterocycles. The Morgan fingerprint density at radius 1 is 1.29 bits per heavy atom. The van der Waals surface area contributed by atoms with Crippen LogP contribution in [0.5, 0.6) is 0 Å². The van der Waals surface area contributed by atoms with Gasteiger partial charge in [-0.1, -0.05) is 12.1 Å². The number of thiophene rings is 2. The standard InChI is InChI=1S/C15H14N3OS2/c1-17-11-18(10-16-17)9-12(14-4-2-6-20-14)8-13(19)15-5-3-7-21-15/h2-8,10-11H,9H2,1H3/q+1/b12-8+. The van der Waals surface area contributed by atoms with Crippen molar-refractivity contribution in [2.45, 2.75) is 6.54 Å². The highest BCUT2D eigenvalue weighted by Crippen LogP contribution is 2.22. The van der Waals surface area contributed by atoms with Crippen LogP contribution in [0.2, 0.25) is 0 Å². The maximum Gasteiger partial charge on any atom is 0.265 e. The Balaban J connectivity index is 1.91. The molecule has 0 aliphatic carbocycles. The van der Waals surface area contributed by atoms with Crippen LogP contribution in [0.15, 0.2) is 53.8 Å². The first-order chi connectivity index (χ1) is 10.2. The highest BCUT2D eigenvalue weighted by molar-refractivity contribution is 7.12. The molecule has 0 saturated heterocycles. The summed E-state index contributed by atoms with van der Waals surface area (Å²) in [5.41, 5.74) is 1.00. The highest BCUT2D eigenvalue weighted by atomic mass is 32.1. The molecular formula is C15H14N3OS2+. The minimum atomic E-state index is 0.0536. The summed E-state index contributed by atoms with van der Waals surface area (Å²) in [5.74, 6) is 0.0536. The molecule has 0 amide bonds. The van der Waals surface area contributed by atoms with E-state index >= 15 is 0 Å². The van der Waals surface area contributed by atoms with Crippen LogP contribution in [0.25, 0.3) is 5.57 Å². The number of hydrogen-bond acceptors (Lipinski definition) is 4. The number of hydrogen-bond donors (Lipinski definition) is 0. The molecule has 0 saturated carbocycles. The van der Waals surface area contributed by atoms with Crippen molar-refractivity contribution >= 4 is 34.0 Å². The summed E-state index contributed by atoms with van der Waals surface area (Å²) in [6.45, 7) is 0.630. The molecule has 0 N–H and O–H groups in total. The maximum absolute atomic E-state index is 12.3. The normalized spacial score (nSPS) is 11.8. The molecular weight excluding hydrogens is 302 g/mol. The molecule has 0 aliphatic rings. The molecule has 3 heterocycles. The quantitative estimate of drug-likeness (QED) is 0.412. The van der Waals surface area contributed by atoms with Crippen LogP contribution >= 0.6 is 22.7 Å². The van der Waals surface area contributed by atoms with Gasteiger partial charge in [0.15, 0.2) is 5.78 Å². The number of allylic oxidation sites excluding steroid dienone is 2. The van der Waals surface area contributed by atoms with Gasteiger partial charge >= 0.3 is 0 Å². The van der Waals surface area contributed by atoms with Crippen molar-refractivity contribution in [2.75, 3.05) is 0 Å². The lowest BCUT2D eigenvalue weighted by molar-refractivity contribution is -0.685. The van der Waals surface area contributed by atoms with E-state index in [0.717, 1.165) is 15.3 Å². The van der Waals surface area contributed by atoms with Crippen molar-refractivity contribution in [3.63, 3.8) is 0 Å². The molecule has 3 rings (SSSR count). The zero-order valence-corrected chi connectivity index (χ0v) is 13.1. The van der Waals surface area contributed by atoms with E-state index in [4.69, 9.17) is 0 Å². The summed E-state index contributed by atoms with van der Waals surface area (Å²) in [7, 11) is 1.88. The van der Waals surface area contributed by atoms with Gasteiger partial charge in [0.1, 0.15) is 0 Å². The average Bonchev–Trinajstić information content (AvgIpc) is 3.21. The van der Waals surface area contributed by atoms with E-state index in [1.165, 1.54) is 11.3 Å². The fraction of sp³-hybridized carbons (Fsp3) is 0.133. The topological polar surface area (TPSA) is 38.8 Å². The van der Waals surface area contributed by atoms with E-state index in [2.05, 4.69) is 5.10 Å². The SMILES string of the molecule is Cn1c[n+](C/C(=C\C(=O)c2cccs2)c2cccs2)cn1. The number of nitrogens with zero attached hydrogens (tertiary/aromatic N) is 3. The largest absolute Gasteiger partial charge is 0.288 e. The summed E-state index contributed by atoms with van der Waals surface area (Å²) in [5, 5.41) is 8.09. The van der Waals surface area contributed by atoms with Gasteiger partial charge in [0.25, 0.3) is 6.33 Å². The number of aromatic nitrogens is 3. The first-order valence-corrected chi connectivity index (χ1v) is 8.18. The van der Waals surface area contributed by atoms with Gasteiger partial charge in [-0.25, -0.2) is 4.57 Å². The second-order valence-electron chi connectivity index (χ2n) is 4.58. The fourth-order valence-electron chi connectivity index (χ4n) is 2.00. The molecule has 0 atom stereocenters. The van der Waals surface area contributed by atoms with Crippen molar-refractivity contribution in [1.29, 1.82) is 0 Å². The smallest absolute Gasteiger partial charge is 0.265 e. The first kappa shape index (κ1) is 13.9. The fourth-order valence-corrected chi connectivity index (χ4v) is 3.38. The number of carbonyl (C=O) groups is 1. The van der Waals surface area contributed by atoms with Crippen molar-refractivity contribution in [2.24, 2.45) is 7.05 Å². The van der Waals surface area contributed by atoms with Gasteiger partial charge in [0.05, 0.1) is 18.5 Å². The second kappa shape index (κ2) is 6.15. The van der Waals surface area contributed by atoms with Gasteiger partial charge in [-0.3, -0.25) is 4.79 Å². The predicted molar refractivity (Wildman–Crippen MR) is 84.3 cm³/mol. The summed E-state index contributed by atoms with van der Waals surface area (Å²) >= 11 is 3.11. The molecule has 0 bridgehead atoms. The summed E-state index contributed by atoms with van der Waals surface area (Å²) in [4.78, 5) is 14.2. The zero-order chi connectivity index (χ0) is 14.7. The lowest BCUT2D eigenvalue weighted by Crippen LogP contribution is -2.31. The van der Waals surface area contributed by atoms with Crippen molar-refractivity contribution in [3.8, 4) is 0 Å². The predicted octanol–water partition coefficient (Wildman–Crippen LogP) is 2.80. The van der Waals surface area contributed by atoms with Crippen molar-refractivity contribution in [3.05, 3.63) is 63.5 Å². The van der Waals surface area contributed by atoms with Gasteiger partial charge in [-0.15, -0.1) is 27.4 Å². The Hall–Kier alpha value is -2.05. The highest BCUT2D eigenvalue weighted by Gasteiger charge is 2.12. The van der Waals surface area contributed by atoms with E-state index in [1.807, 2.05) is 53.0 Å². The monoisotopic (exact) mass is 316 g/mol. The number of ketones is 1. The Bertz CT molecular complexity index is 755. The lowest BCUT2D eigenvalue weighted by atomic mass is 10.1. The molecule has 0 radical (unpaired) electrons. The molecule has 0 aromatic carbocycles. The summed E-state index contributed by atoms with van der Waals surface area (Å²) < 4.78 is 3.71. The van der Waals surface area contributed by atoms with Gasteiger partial charge in [-0.05, 0) is 29.0 Å². The first-order valence-electron chi connectivity index (χ1n) is 6.42. The van der Waals surface area contributed by atoms with Crippen LogP contribution in [0.1, 0.15) is 14.5 Å². The van der Waals surface area contributed by atoms with Gasteiger partial charge in [0, 0.05) is 15.5 Å². The van der Waals surface area contributed by atoms with Crippen LogP contribution in [-0.4, -0.2) is 15.6 Å². The molecule has 0 unspecified atom stereocenters. The molecule has 0 fully saturated rings. The molecule has 3 aromatic rings. The maximum atomic E-state index is 12.3. The van der Waals surface area contributed by atoms with Crippen LogP contribution in [0.3, 0.4) is 0 Å². The van der Waals surface area contributed by atoms with Gasteiger partial charge < -0.3 is 0 Å². The Morgan fingerprint density at radius 3 is 2.57 bits per heavy atom. The van der Waals surface area contributed by atoms with Gasteiger partial charge in [0.2, 0.25) is 6.33 Å². The number of rotatable bonds is 5. The van der Waals surface area contributed by atoms with Crippen LogP contribution in [0.4, 0.5) is 0 Å². The van der Waals surface area contributed by atoms with Gasteiger partial charge in [-0.2, -0.15) is 0 Å². The summed E-state index contributed by atoms with van der Waals surface area (Å²) in [6.07, 6.45) is 5.39. The van der Waals surface area contributed by atoms with E-state index < -0.39 is 0 Å². The van der Waals surface area contributed by atoms with Crippen molar-refractivity contribution in [1.82, 2.24) is 9.78 Å². The van der Waals surface area contributed by atoms with Crippen LogP contribution < -0.4 is 4.57 Å². The van der Waals surface area contributed by atoms with E-state index in [-0.39, 0.29) is 5.78 Å². The third-order valence-corrected chi connectivity index (χ3v) is 4.79. The third kappa shape index (κ3) is 3.34. The summed E-state index contributed by atoms with van der Waals surface area (Å²) in [6, 6.07) is 7.78. The zero-order valence-electron chi connectivity index (χ0n) is 11.5. The number of aryl methyl sites for hydroxylation is 1. The average molecular weight is 316 g/mol. The number of carbonyl (C=O) groups excluding carboxylic acids is 1. The van der Waals surface area contributed by atoms with Crippen LogP contribution in [0, 0.1) is 0 Å². The van der Waals surface area contributed by atoms with E-state index in [1.54, 1.807) is 28.4 Å². The molecule has 3 aromatic heterocycles. The molecule has 4 nitrogen and oxygen atoms in total. The molecule has 21 heavy (non-hydrogen) atoms. The second-order valence-corrected chi connectivity index (χ2v) is 6.48. The van der Waals surface area contributed by atoms with Crippen molar-refractivity contribution < 1.29 is 9.36 Å². The molecule has 6 heteroatoms. The Morgan fingerprint density at radius 2 is 2.00 bits per heavy atom. The Kier molecular flexibility index (Phi) is 4.08. The van der Waals surface area contributed by atoms with E-state index in [9.17, 15) is 4.79 Å². The minimum absolute atomic E-state index is 0.0536. The molecule has 0 spiro atoms. The Labute approximate surface area is 130 Å². The molecule has 106 valence electrons. The third-order valence-electron chi connectivity index (χ3n) is 2.96. The van der Waals surface area contributed by atoms with E-state index in [0.29, 0.717) is 6.54 Å².